The molecule has 1 unspecified atom stereocenters. The number of likely N-dealkylation sites (tertiary alicyclic amines) is 1. The average molecular weight is 353 g/mol. The molecular formula is C19H19N3O2S. The Morgan fingerprint density at radius 3 is 2.88 bits per heavy atom. The fourth-order valence-electron chi connectivity index (χ4n) is 3.17. The molecule has 6 heteroatoms. The molecule has 0 bridgehead atoms. The summed E-state index contributed by atoms with van der Waals surface area (Å²) in [7, 11) is 0. The van der Waals surface area contributed by atoms with Crippen molar-refractivity contribution in [3.63, 3.8) is 0 Å². The van der Waals surface area contributed by atoms with Gasteiger partial charge in [0.2, 0.25) is 17.7 Å². The molecule has 4 rings (SSSR count). The molecule has 1 aliphatic heterocycles. The lowest BCUT2D eigenvalue weighted by atomic mass is 10.1. The van der Waals surface area contributed by atoms with E-state index in [0.717, 1.165) is 29.8 Å². The van der Waals surface area contributed by atoms with E-state index < -0.39 is 0 Å². The third-order valence-corrected chi connectivity index (χ3v) is 5.38. The minimum absolute atomic E-state index is 0.112. The number of carbonyl (C=O) groups excluding carboxylic acids is 1. The number of rotatable bonds is 4. The van der Waals surface area contributed by atoms with E-state index in [0.29, 0.717) is 18.2 Å². The Hall–Kier alpha value is -2.47. The Labute approximate surface area is 150 Å². The largest absolute Gasteiger partial charge is 0.418 e. The highest BCUT2D eigenvalue weighted by Crippen LogP contribution is 2.33. The summed E-state index contributed by atoms with van der Waals surface area (Å²) < 4.78 is 5.90. The van der Waals surface area contributed by atoms with Crippen LogP contribution in [0.15, 0.2) is 46.2 Å². The van der Waals surface area contributed by atoms with Gasteiger partial charge in [0.15, 0.2) is 0 Å². The molecule has 2 aromatic heterocycles. The maximum atomic E-state index is 12.7. The summed E-state index contributed by atoms with van der Waals surface area (Å²) in [5.41, 5.74) is 2.09. The highest BCUT2D eigenvalue weighted by Gasteiger charge is 2.33. The molecule has 1 saturated heterocycles. The summed E-state index contributed by atoms with van der Waals surface area (Å²) in [6, 6.07) is 11.8. The van der Waals surface area contributed by atoms with Crippen LogP contribution in [0.1, 0.15) is 35.2 Å². The molecule has 128 valence electrons. The van der Waals surface area contributed by atoms with Gasteiger partial charge in [0.25, 0.3) is 0 Å². The first-order valence-electron chi connectivity index (χ1n) is 8.43. The van der Waals surface area contributed by atoms with Crippen LogP contribution in [-0.2, 0) is 11.2 Å². The Morgan fingerprint density at radius 2 is 2.12 bits per heavy atom. The van der Waals surface area contributed by atoms with Crippen molar-refractivity contribution in [3.05, 3.63) is 58.1 Å². The lowest BCUT2D eigenvalue weighted by molar-refractivity contribution is -0.131. The Morgan fingerprint density at radius 1 is 1.28 bits per heavy atom. The predicted molar refractivity (Wildman–Crippen MR) is 96.2 cm³/mol. The lowest BCUT2D eigenvalue weighted by Gasteiger charge is -2.21. The molecule has 1 aliphatic rings. The van der Waals surface area contributed by atoms with Crippen molar-refractivity contribution in [1.29, 1.82) is 0 Å². The number of benzene rings is 1. The summed E-state index contributed by atoms with van der Waals surface area (Å²) in [5, 5.41) is 10.4. The van der Waals surface area contributed by atoms with Crippen LogP contribution in [0.2, 0.25) is 0 Å². The highest BCUT2D eigenvalue weighted by atomic mass is 32.1. The monoisotopic (exact) mass is 353 g/mol. The minimum atomic E-state index is -0.112. The summed E-state index contributed by atoms with van der Waals surface area (Å²) in [6.07, 6.45) is 2.27. The van der Waals surface area contributed by atoms with Crippen LogP contribution in [0.3, 0.4) is 0 Å². The second-order valence-corrected chi connectivity index (χ2v) is 7.35. The van der Waals surface area contributed by atoms with Crippen LogP contribution in [-0.4, -0.2) is 27.5 Å². The van der Waals surface area contributed by atoms with Crippen molar-refractivity contribution in [2.24, 2.45) is 0 Å². The molecule has 0 aliphatic carbocycles. The standard InChI is InChI=1S/C19H19N3O2S/c1-13-6-8-14(9-7-13)18-20-21-19(24-18)16-5-2-10-22(16)17(23)12-15-4-3-11-25-15/h3-4,6-9,11,16H,2,5,10,12H2,1H3. The Balaban J connectivity index is 1.52. The summed E-state index contributed by atoms with van der Waals surface area (Å²) >= 11 is 1.61. The summed E-state index contributed by atoms with van der Waals surface area (Å²) in [6.45, 7) is 2.79. The molecule has 1 aromatic carbocycles. The molecule has 1 atom stereocenters. The van der Waals surface area contributed by atoms with Crippen molar-refractivity contribution in [1.82, 2.24) is 15.1 Å². The van der Waals surface area contributed by atoms with Gasteiger partial charge in [-0.1, -0.05) is 23.8 Å². The maximum absolute atomic E-state index is 12.7. The van der Waals surface area contributed by atoms with E-state index in [1.54, 1.807) is 11.3 Å². The SMILES string of the molecule is Cc1ccc(-c2nnc(C3CCCN3C(=O)Cc3cccs3)o2)cc1. The van der Waals surface area contributed by atoms with Gasteiger partial charge in [-0.15, -0.1) is 21.5 Å². The number of aromatic nitrogens is 2. The number of nitrogens with zero attached hydrogens (tertiary/aromatic N) is 3. The van der Waals surface area contributed by atoms with E-state index in [1.807, 2.05) is 53.6 Å². The van der Waals surface area contributed by atoms with E-state index in [4.69, 9.17) is 4.42 Å². The molecule has 0 radical (unpaired) electrons. The van der Waals surface area contributed by atoms with Gasteiger partial charge in [0, 0.05) is 17.0 Å². The van der Waals surface area contributed by atoms with E-state index >= 15 is 0 Å². The second kappa shape index (κ2) is 6.80. The summed E-state index contributed by atoms with van der Waals surface area (Å²) in [4.78, 5) is 15.6. The fourth-order valence-corrected chi connectivity index (χ4v) is 3.86. The van der Waals surface area contributed by atoms with Gasteiger partial charge in [-0.25, -0.2) is 0 Å². The average Bonchev–Trinajstić information content (AvgIpc) is 3.36. The number of hydrogen-bond donors (Lipinski definition) is 0. The van der Waals surface area contributed by atoms with Crippen LogP contribution in [0.4, 0.5) is 0 Å². The zero-order chi connectivity index (χ0) is 17.2. The lowest BCUT2D eigenvalue weighted by Crippen LogP contribution is -2.31. The predicted octanol–water partition coefficient (Wildman–Crippen LogP) is 4.01. The number of carbonyl (C=O) groups is 1. The van der Waals surface area contributed by atoms with Crippen molar-refractivity contribution in [3.8, 4) is 11.5 Å². The third kappa shape index (κ3) is 3.35. The molecule has 0 spiro atoms. The number of hydrogen-bond acceptors (Lipinski definition) is 5. The zero-order valence-corrected chi connectivity index (χ0v) is 14.8. The van der Waals surface area contributed by atoms with Crippen LogP contribution in [0.5, 0.6) is 0 Å². The van der Waals surface area contributed by atoms with E-state index in [2.05, 4.69) is 10.2 Å². The first-order chi connectivity index (χ1) is 12.2. The molecular weight excluding hydrogens is 334 g/mol. The van der Waals surface area contributed by atoms with Crippen LogP contribution in [0, 0.1) is 6.92 Å². The van der Waals surface area contributed by atoms with Gasteiger partial charge >= 0.3 is 0 Å². The van der Waals surface area contributed by atoms with E-state index in [9.17, 15) is 4.79 Å². The van der Waals surface area contributed by atoms with E-state index in [1.165, 1.54) is 5.56 Å². The number of thiophene rings is 1. The topological polar surface area (TPSA) is 59.2 Å². The molecule has 0 saturated carbocycles. The molecule has 5 nitrogen and oxygen atoms in total. The second-order valence-electron chi connectivity index (χ2n) is 6.31. The van der Waals surface area contributed by atoms with Crippen molar-refractivity contribution in [2.75, 3.05) is 6.54 Å². The highest BCUT2D eigenvalue weighted by molar-refractivity contribution is 7.10. The van der Waals surface area contributed by atoms with Gasteiger partial charge in [-0.05, 0) is 43.3 Å². The van der Waals surface area contributed by atoms with Crippen molar-refractivity contribution >= 4 is 17.2 Å². The molecule has 3 heterocycles. The first-order valence-corrected chi connectivity index (χ1v) is 9.31. The Kier molecular flexibility index (Phi) is 4.36. The molecule has 1 fully saturated rings. The van der Waals surface area contributed by atoms with Crippen molar-refractivity contribution < 1.29 is 9.21 Å². The van der Waals surface area contributed by atoms with Gasteiger partial charge in [0.1, 0.15) is 6.04 Å². The number of amides is 1. The summed E-state index contributed by atoms with van der Waals surface area (Å²) in [5.74, 6) is 1.17. The van der Waals surface area contributed by atoms with Crippen LogP contribution >= 0.6 is 11.3 Å². The zero-order valence-electron chi connectivity index (χ0n) is 14.0. The molecule has 1 amide bonds. The molecule has 3 aromatic rings. The first kappa shape index (κ1) is 16.0. The normalized spacial score (nSPS) is 17.2. The smallest absolute Gasteiger partial charge is 0.247 e. The van der Waals surface area contributed by atoms with Crippen LogP contribution < -0.4 is 0 Å². The number of aryl methyl sites for hydroxylation is 1. The van der Waals surface area contributed by atoms with Gasteiger partial charge in [-0.3, -0.25) is 4.79 Å². The van der Waals surface area contributed by atoms with Gasteiger partial charge in [0.05, 0.1) is 6.42 Å². The quantitative estimate of drug-likeness (QED) is 0.711. The van der Waals surface area contributed by atoms with Crippen LogP contribution in [0.25, 0.3) is 11.5 Å². The van der Waals surface area contributed by atoms with E-state index in [-0.39, 0.29) is 11.9 Å². The minimum Gasteiger partial charge on any atom is -0.418 e. The fraction of sp³-hybridized carbons (Fsp3) is 0.316. The third-order valence-electron chi connectivity index (χ3n) is 4.50. The molecule has 0 N–H and O–H groups in total. The van der Waals surface area contributed by atoms with Gasteiger partial charge < -0.3 is 9.32 Å². The Bertz CT molecular complexity index is 855. The van der Waals surface area contributed by atoms with Gasteiger partial charge in [-0.2, -0.15) is 0 Å². The maximum Gasteiger partial charge on any atom is 0.247 e. The van der Waals surface area contributed by atoms with Crippen molar-refractivity contribution in [2.45, 2.75) is 32.2 Å². The molecule has 25 heavy (non-hydrogen) atoms.